The van der Waals surface area contributed by atoms with E-state index < -0.39 is 0 Å². The van der Waals surface area contributed by atoms with E-state index in [0.717, 1.165) is 0 Å². The summed E-state index contributed by atoms with van der Waals surface area (Å²) in [7, 11) is 1.47. The molecule has 0 bridgehead atoms. The van der Waals surface area contributed by atoms with Gasteiger partial charge in [-0.25, -0.2) is 0 Å². The van der Waals surface area contributed by atoms with Gasteiger partial charge < -0.3 is 14.6 Å². The van der Waals surface area contributed by atoms with Crippen LogP contribution in [-0.4, -0.2) is 29.1 Å². The Morgan fingerprint density at radius 3 is 2.74 bits per heavy atom. The number of carbonyl (C=O) groups excluding carboxylic acids is 1. The summed E-state index contributed by atoms with van der Waals surface area (Å²) >= 11 is 10.1. The third-order valence-corrected chi connectivity index (χ3v) is 5.77. The summed E-state index contributed by atoms with van der Waals surface area (Å²) in [5.74, 6) is 0.696. The number of anilines is 1. The standard InChI is InChI=1S/C19H16BrNO4S2/c1-3-25-15-7-5-4-6-13(15)21-18(23)17(27-19(21)26)9-11-8-14(22)16(24-2)10-12(11)20/h4-10,22H,3H2,1-2H3. The Morgan fingerprint density at radius 1 is 1.30 bits per heavy atom. The molecule has 140 valence electrons. The zero-order valence-corrected chi connectivity index (χ0v) is 17.8. The van der Waals surface area contributed by atoms with Gasteiger partial charge in [0.1, 0.15) is 5.75 Å². The minimum absolute atomic E-state index is 0.0101. The van der Waals surface area contributed by atoms with Gasteiger partial charge in [0.25, 0.3) is 5.91 Å². The number of hydrogen-bond donors (Lipinski definition) is 1. The molecule has 0 spiro atoms. The first-order valence-electron chi connectivity index (χ1n) is 8.02. The number of phenols is 1. The summed E-state index contributed by atoms with van der Waals surface area (Å²) in [5, 5.41) is 10.0. The van der Waals surface area contributed by atoms with Crippen LogP contribution in [0.25, 0.3) is 6.08 Å². The van der Waals surface area contributed by atoms with E-state index in [9.17, 15) is 9.90 Å². The van der Waals surface area contributed by atoms with Gasteiger partial charge in [-0.15, -0.1) is 0 Å². The van der Waals surface area contributed by atoms with Crippen molar-refractivity contribution in [1.29, 1.82) is 0 Å². The Bertz CT molecular complexity index is 945. The minimum Gasteiger partial charge on any atom is -0.504 e. The zero-order valence-electron chi connectivity index (χ0n) is 14.6. The molecule has 1 N–H and O–H groups in total. The van der Waals surface area contributed by atoms with Crippen LogP contribution in [0.4, 0.5) is 5.69 Å². The van der Waals surface area contributed by atoms with Crippen LogP contribution < -0.4 is 14.4 Å². The van der Waals surface area contributed by atoms with Crippen molar-refractivity contribution in [2.75, 3.05) is 18.6 Å². The number of halogens is 1. The fraction of sp³-hybridized carbons (Fsp3) is 0.158. The maximum absolute atomic E-state index is 13.0. The molecular formula is C19H16BrNO4S2. The van der Waals surface area contributed by atoms with Crippen LogP contribution in [0.3, 0.4) is 0 Å². The molecule has 0 atom stereocenters. The van der Waals surface area contributed by atoms with Gasteiger partial charge in [0, 0.05) is 4.47 Å². The highest BCUT2D eigenvalue weighted by molar-refractivity contribution is 9.10. The van der Waals surface area contributed by atoms with E-state index in [2.05, 4.69) is 15.9 Å². The quantitative estimate of drug-likeness (QED) is 0.496. The van der Waals surface area contributed by atoms with Gasteiger partial charge in [0.15, 0.2) is 15.8 Å². The van der Waals surface area contributed by atoms with Crippen LogP contribution in [0.15, 0.2) is 45.8 Å². The smallest absolute Gasteiger partial charge is 0.270 e. The average Bonchev–Trinajstić information content (AvgIpc) is 2.92. The van der Waals surface area contributed by atoms with Crippen LogP contribution in [0, 0.1) is 0 Å². The first kappa shape index (κ1) is 19.7. The second-order valence-electron chi connectivity index (χ2n) is 5.46. The van der Waals surface area contributed by atoms with Crippen LogP contribution >= 0.6 is 39.9 Å². The molecule has 8 heteroatoms. The van der Waals surface area contributed by atoms with E-state index in [1.54, 1.807) is 24.3 Å². The molecule has 0 unspecified atom stereocenters. The highest BCUT2D eigenvalue weighted by atomic mass is 79.9. The summed E-state index contributed by atoms with van der Waals surface area (Å²) in [6, 6.07) is 10.5. The summed E-state index contributed by atoms with van der Waals surface area (Å²) in [6.45, 7) is 2.37. The summed E-state index contributed by atoms with van der Waals surface area (Å²) < 4.78 is 11.8. The molecule has 2 aromatic carbocycles. The van der Waals surface area contributed by atoms with E-state index >= 15 is 0 Å². The van der Waals surface area contributed by atoms with Gasteiger partial charge >= 0.3 is 0 Å². The van der Waals surface area contributed by atoms with Crippen molar-refractivity contribution in [3.05, 3.63) is 51.3 Å². The molecule has 1 heterocycles. The third-order valence-electron chi connectivity index (χ3n) is 3.78. The van der Waals surface area contributed by atoms with Crippen molar-refractivity contribution in [2.24, 2.45) is 0 Å². The monoisotopic (exact) mass is 465 g/mol. The van der Waals surface area contributed by atoms with Crippen molar-refractivity contribution >= 4 is 61.9 Å². The number of thiocarbonyl (C=S) groups is 1. The molecule has 1 amide bonds. The molecule has 27 heavy (non-hydrogen) atoms. The number of rotatable bonds is 5. The van der Waals surface area contributed by atoms with E-state index in [1.807, 2.05) is 19.1 Å². The third kappa shape index (κ3) is 3.97. The number of phenolic OH excluding ortho intramolecular Hbond substituents is 1. The second kappa shape index (κ2) is 8.33. The molecule has 2 aromatic rings. The molecule has 1 fully saturated rings. The van der Waals surface area contributed by atoms with E-state index in [-0.39, 0.29) is 11.7 Å². The normalized spacial score (nSPS) is 15.5. The van der Waals surface area contributed by atoms with E-state index in [1.165, 1.54) is 29.8 Å². The molecular weight excluding hydrogens is 450 g/mol. The van der Waals surface area contributed by atoms with Crippen molar-refractivity contribution < 1.29 is 19.4 Å². The SMILES string of the molecule is CCOc1ccccc1N1C(=O)C(=Cc2cc(O)c(OC)cc2Br)SC1=S. The number of methoxy groups -OCH3 is 1. The highest BCUT2D eigenvalue weighted by Gasteiger charge is 2.35. The Balaban J connectivity index is 1.98. The summed E-state index contributed by atoms with van der Waals surface area (Å²) in [6.07, 6.45) is 1.69. The van der Waals surface area contributed by atoms with Crippen LogP contribution in [-0.2, 0) is 4.79 Å². The lowest BCUT2D eigenvalue weighted by Crippen LogP contribution is -2.28. The number of hydrogen-bond acceptors (Lipinski definition) is 6. The Kier molecular flexibility index (Phi) is 6.08. The molecule has 1 saturated heterocycles. The van der Waals surface area contributed by atoms with E-state index in [4.69, 9.17) is 21.7 Å². The van der Waals surface area contributed by atoms with Gasteiger partial charge in [-0.2, -0.15) is 0 Å². The zero-order chi connectivity index (χ0) is 19.6. The number of benzene rings is 2. The van der Waals surface area contributed by atoms with E-state index in [0.29, 0.717) is 43.1 Å². The number of amides is 1. The fourth-order valence-corrected chi connectivity index (χ4v) is 4.28. The highest BCUT2D eigenvalue weighted by Crippen LogP contribution is 2.41. The largest absolute Gasteiger partial charge is 0.504 e. The van der Waals surface area contributed by atoms with Crippen molar-refractivity contribution in [1.82, 2.24) is 0 Å². The first-order chi connectivity index (χ1) is 13.0. The first-order valence-corrected chi connectivity index (χ1v) is 10.0. The fourth-order valence-electron chi connectivity index (χ4n) is 2.57. The van der Waals surface area contributed by atoms with Gasteiger partial charge in [-0.05, 0) is 42.8 Å². The topological polar surface area (TPSA) is 59.0 Å². The summed E-state index contributed by atoms with van der Waals surface area (Å²) in [4.78, 5) is 14.9. The van der Waals surface area contributed by atoms with Crippen molar-refractivity contribution in [3.63, 3.8) is 0 Å². The van der Waals surface area contributed by atoms with Crippen molar-refractivity contribution in [2.45, 2.75) is 6.92 Å². The van der Waals surface area contributed by atoms with Gasteiger partial charge in [0.05, 0.1) is 24.3 Å². The molecule has 0 radical (unpaired) electrons. The lowest BCUT2D eigenvalue weighted by molar-refractivity contribution is -0.113. The maximum atomic E-state index is 13.0. The summed E-state index contributed by atoms with van der Waals surface area (Å²) in [5.41, 5.74) is 1.26. The van der Waals surface area contributed by atoms with Crippen LogP contribution in [0.1, 0.15) is 12.5 Å². The molecule has 0 saturated carbocycles. The number of para-hydroxylation sites is 2. The Labute approximate surface area is 175 Å². The van der Waals surface area contributed by atoms with Crippen molar-refractivity contribution in [3.8, 4) is 17.2 Å². The number of nitrogens with zero attached hydrogens (tertiary/aromatic N) is 1. The van der Waals surface area contributed by atoms with Crippen LogP contribution in [0.5, 0.6) is 17.2 Å². The van der Waals surface area contributed by atoms with Gasteiger partial charge in [-0.3, -0.25) is 9.69 Å². The molecule has 5 nitrogen and oxygen atoms in total. The lowest BCUT2D eigenvalue weighted by Gasteiger charge is -2.18. The number of ether oxygens (including phenoxy) is 2. The Hall–Kier alpha value is -2.03. The second-order valence-corrected chi connectivity index (χ2v) is 7.99. The maximum Gasteiger partial charge on any atom is 0.270 e. The number of aromatic hydroxyl groups is 1. The predicted octanol–water partition coefficient (Wildman–Crippen LogP) is 4.97. The Morgan fingerprint density at radius 2 is 2.04 bits per heavy atom. The predicted molar refractivity (Wildman–Crippen MR) is 116 cm³/mol. The molecule has 0 aliphatic carbocycles. The molecule has 1 aliphatic rings. The van der Waals surface area contributed by atoms with Crippen LogP contribution in [0.2, 0.25) is 0 Å². The molecule has 0 aromatic heterocycles. The lowest BCUT2D eigenvalue weighted by atomic mass is 10.2. The minimum atomic E-state index is -0.237. The average molecular weight is 466 g/mol. The van der Waals surface area contributed by atoms with Gasteiger partial charge in [0.2, 0.25) is 0 Å². The molecule has 3 rings (SSSR count). The number of carbonyl (C=O) groups is 1. The van der Waals surface area contributed by atoms with Gasteiger partial charge in [-0.1, -0.05) is 52.0 Å². The molecule has 1 aliphatic heterocycles. The number of thioether (sulfide) groups is 1.